The van der Waals surface area contributed by atoms with Crippen LogP contribution in [0.15, 0.2) is 18.2 Å². The van der Waals surface area contributed by atoms with Gasteiger partial charge in [-0.25, -0.2) is 4.39 Å². The van der Waals surface area contributed by atoms with Crippen LogP contribution in [0.2, 0.25) is 5.02 Å². The van der Waals surface area contributed by atoms with E-state index in [1.807, 2.05) is 6.07 Å². The van der Waals surface area contributed by atoms with Crippen molar-refractivity contribution in [3.8, 4) is 0 Å². The summed E-state index contributed by atoms with van der Waals surface area (Å²) in [7, 11) is 1.70. The highest BCUT2D eigenvalue weighted by atomic mass is 35.5. The number of ether oxygens (including phenoxy) is 2. The molecule has 0 spiro atoms. The normalized spacial score (nSPS) is 17.9. The first-order valence-corrected chi connectivity index (χ1v) is 7.74. The quantitative estimate of drug-likeness (QED) is 0.785. The van der Waals surface area contributed by atoms with E-state index in [1.165, 1.54) is 0 Å². The standard InChI is InChI=1S/C16H23ClFNO2/c1-20-9-6-19-12-16(4-7-21-8-5-16)11-13-2-3-14(17)15(18)10-13/h2-3,10,19H,4-9,11-12H2,1H3. The lowest BCUT2D eigenvalue weighted by Crippen LogP contribution is -2.41. The van der Waals surface area contributed by atoms with Gasteiger partial charge in [-0.2, -0.15) is 0 Å². The minimum absolute atomic E-state index is 0.117. The molecule has 1 fully saturated rings. The Balaban J connectivity index is 2.02. The minimum Gasteiger partial charge on any atom is -0.383 e. The van der Waals surface area contributed by atoms with Crippen LogP contribution in [-0.2, 0) is 15.9 Å². The molecular formula is C16H23ClFNO2. The van der Waals surface area contributed by atoms with Gasteiger partial charge in [0, 0.05) is 33.4 Å². The molecule has 118 valence electrons. The van der Waals surface area contributed by atoms with Crippen LogP contribution in [0.3, 0.4) is 0 Å². The van der Waals surface area contributed by atoms with Gasteiger partial charge in [-0.15, -0.1) is 0 Å². The van der Waals surface area contributed by atoms with Gasteiger partial charge in [-0.3, -0.25) is 0 Å². The lowest BCUT2D eigenvalue weighted by Gasteiger charge is -2.37. The van der Waals surface area contributed by atoms with Gasteiger partial charge >= 0.3 is 0 Å². The van der Waals surface area contributed by atoms with Crippen molar-refractivity contribution >= 4 is 11.6 Å². The highest BCUT2D eigenvalue weighted by molar-refractivity contribution is 6.30. The van der Waals surface area contributed by atoms with Crippen molar-refractivity contribution in [3.63, 3.8) is 0 Å². The summed E-state index contributed by atoms with van der Waals surface area (Å²) in [6.07, 6.45) is 2.80. The maximum absolute atomic E-state index is 13.6. The SMILES string of the molecule is COCCNCC1(Cc2ccc(Cl)c(F)c2)CCOCC1. The second kappa shape index (κ2) is 8.08. The third kappa shape index (κ3) is 4.92. The fourth-order valence-corrected chi connectivity index (χ4v) is 2.95. The van der Waals surface area contributed by atoms with E-state index in [0.717, 1.165) is 51.1 Å². The van der Waals surface area contributed by atoms with Gasteiger partial charge in [0.15, 0.2) is 0 Å². The summed E-state index contributed by atoms with van der Waals surface area (Å²) in [6.45, 7) is 3.95. The molecule has 1 heterocycles. The van der Waals surface area contributed by atoms with Crippen LogP contribution in [0.5, 0.6) is 0 Å². The first-order valence-electron chi connectivity index (χ1n) is 7.37. The van der Waals surface area contributed by atoms with Crippen LogP contribution in [0.1, 0.15) is 18.4 Å². The average Bonchev–Trinajstić information content (AvgIpc) is 2.49. The zero-order chi connectivity index (χ0) is 15.1. The molecule has 2 rings (SSSR count). The molecule has 0 radical (unpaired) electrons. The topological polar surface area (TPSA) is 30.5 Å². The summed E-state index contributed by atoms with van der Waals surface area (Å²) >= 11 is 5.76. The number of methoxy groups -OCH3 is 1. The van der Waals surface area contributed by atoms with E-state index in [1.54, 1.807) is 19.2 Å². The molecule has 1 aliphatic rings. The van der Waals surface area contributed by atoms with Crippen LogP contribution in [0.25, 0.3) is 0 Å². The van der Waals surface area contributed by atoms with E-state index in [9.17, 15) is 4.39 Å². The molecule has 0 unspecified atom stereocenters. The zero-order valence-corrected chi connectivity index (χ0v) is 13.2. The molecule has 0 aliphatic carbocycles. The molecule has 5 heteroatoms. The lowest BCUT2D eigenvalue weighted by atomic mass is 9.75. The molecule has 3 nitrogen and oxygen atoms in total. The fourth-order valence-electron chi connectivity index (χ4n) is 2.83. The van der Waals surface area contributed by atoms with Gasteiger partial charge in [0.2, 0.25) is 0 Å². The van der Waals surface area contributed by atoms with Gasteiger partial charge in [-0.1, -0.05) is 17.7 Å². The van der Waals surface area contributed by atoms with Crippen molar-refractivity contribution in [1.82, 2.24) is 5.32 Å². The van der Waals surface area contributed by atoms with Crippen molar-refractivity contribution in [1.29, 1.82) is 0 Å². The molecule has 1 aromatic rings. The molecule has 0 bridgehead atoms. The molecule has 0 amide bonds. The number of rotatable bonds is 7. The summed E-state index contributed by atoms with van der Waals surface area (Å²) < 4.78 is 24.2. The minimum atomic E-state index is -0.344. The van der Waals surface area contributed by atoms with Gasteiger partial charge in [0.1, 0.15) is 5.82 Å². The fraction of sp³-hybridized carbons (Fsp3) is 0.625. The number of benzene rings is 1. The van der Waals surface area contributed by atoms with Crippen molar-refractivity contribution < 1.29 is 13.9 Å². The van der Waals surface area contributed by atoms with E-state index in [0.29, 0.717) is 6.61 Å². The van der Waals surface area contributed by atoms with Crippen LogP contribution in [0.4, 0.5) is 4.39 Å². The summed E-state index contributed by atoms with van der Waals surface area (Å²) in [5.41, 5.74) is 1.11. The zero-order valence-electron chi connectivity index (χ0n) is 12.5. The third-order valence-corrected chi connectivity index (χ3v) is 4.41. The maximum Gasteiger partial charge on any atom is 0.142 e. The second-order valence-corrected chi connectivity index (χ2v) is 6.11. The van der Waals surface area contributed by atoms with Gasteiger partial charge in [0.25, 0.3) is 0 Å². The Kier molecular flexibility index (Phi) is 6.42. The van der Waals surface area contributed by atoms with Crippen LogP contribution in [-0.4, -0.2) is 40.0 Å². The number of hydrogen-bond donors (Lipinski definition) is 1. The van der Waals surface area contributed by atoms with E-state index >= 15 is 0 Å². The van der Waals surface area contributed by atoms with E-state index in [-0.39, 0.29) is 16.3 Å². The molecule has 1 saturated heterocycles. The Morgan fingerprint density at radius 2 is 2.14 bits per heavy atom. The smallest absolute Gasteiger partial charge is 0.142 e. The first-order chi connectivity index (χ1) is 10.2. The summed E-state index contributed by atoms with van der Waals surface area (Å²) in [6, 6.07) is 5.10. The number of halogens is 2. The molecule has 0 atom stereocenters. The Bertz CT molecular complexity index is 450. The molecule has 1 N–H and O–H groups in total. The Morgan fingerprint density at radius 3 is 2.81 bits per heavy atom. The number of hydrogen-bond acceptors (Lipinski definition) is 3. The Labute approximate surface area is 130 Å². The van der Waals surface area contributed by atoms with Crippen LogP contribution in [0, 0.1) is 11.2 Å². The molecule has 0 saturated carbocycles. The molecular weight excluding hydrogens is 293 g/mol. The highest BCUT2D eigenvalue weighted by Gasteiger charge is 2.32. The average molecular weight is 316 g/mol. The highest BCUT2D eigenvalue weighted by Crippen LogP contribution is 2.34. The van der Waals surface area contributed by atoms with Crippen molar-refractivity contribution in [3.05, 3.63) is 34.6 Å². The van der Waals surface area contributed by atoms with Crippen molar-refractivity contribution in [2.75, 3.05) is 40.0 Å². The maximum atomic E-state index is 13.6. The van der Waals surface area contributed by atoms with E-state index < -0.39 is 0 Å². The van der Waals surface area contributed by atoms with Crippen molar-refractivity contribution in [2.45, 2.75) is 19.3 Å². The third-order valence-electron chi connectivity index (χ3n) is 4.10. The Morgan fingerprint density at radius 1 is 1.38 bits per heavy atom. The molecule has 0 aromatic heterocycles. The number of nitrogens with one attached hydrogen (secondary N) is 1. The lowest BCUT2D eigenvalue weighted by molar-refractivity contribution is 0.0143. The monoisotopic (exact) mass is 315 g/mol. The molecule has 1 aromatic carbocycles. The predicted molar refractivity (Wildman–Crippen MR) is 82.3 cm³/mol. The van der Waals surface area contributed by atoms with Crippen LogP contribution >= 0.6 is 11.6 Å². The van der Waals surface area contributed by atoms with E-state index in [2.05, 4.69) is 5.32 Å². The second-order valence-electron chi connectivity index (χ2n) is 5.71. The largest absolute Gasteiger partial charge is 0.383 e. The summed E-state index contributed by atoms with van der Waals surface area (Å²) in [5, 5.41) is 3.62. The Hall–Kier alpha value is -0.680. The van der Waals surface area contributed by atoms with Gasteiger partial charge in [0.05, 0.1) is 11.6 Å². The van der Waals surface area contributed by atoms with Crippen LogP contribution < -0.4 is 5.32 Å². The van der Waals surface area contributed by atoms with Gasteiger partial charge < -0.3 is 14.8 Å². The van der Waals surface area contributed by atoms with E-state index in [4.69, 9.17) is 21.1 Å². The van der Waals surface area contributed by atoms with Gasteiger partial charge in [-0.05, 0) is 42.4 Å². The first kappa shape index (κ1) is 16.7. The molecule has 21 heavy (non-hydrogen) atoms. The predicted octanol–water partition coefficient (Wildman–Crippen LogP) is 3.05. The summed E-state index contributed by atoms with van der Waals surface area (Å²) in [4.78, 5) is 0. The molecule has 1 aliphatic heterocycles. The van der Waals surface area contributed by atoms with Crippen molar-refractivity contribution in [2.24, 2.45) is 5.41 Å². The summed E-state index contributed by atoms with van der Waals surface area (Å²) in [5.74, 6) is -0.344.